The number of aliphatic hydroxyl groups excluding tert-OH is 1. The number of aromatic nitrogens is 1. The lowest BCUT2D eigenvalue weighted by atomic mass is 9.95. The molecule has 1 unspecified atom stereocenters. The zero-order valence-electron chi connectivity index (χ0n) is 11.5. The Morgan fingerprint density at radius 2 is 2.06 bits per heavy atom. The van der Waals surface area contributed by atoms with Crippen molar-refractivity contribution in [1.82, 2.24) is 14.8 Å². The van der Waals surface area contributed by atoms with Crippen molar-refractivity contribution in [2.24, 2.45) is 0 Å². The Hall–Kier alpha value is -0.970. The van der Waals surface area contributed by atoms with E-state index in [1.807, 2.05) is 12.4 Å². The lowest BCUT2D eigenvalue weighted by molar-refractivity contribution is -0.0297. The summed E-state index contributed by atoms with van der Waals surface area (Å²) in [7, 11) is 2.10. The predicted octanol–water partition coefficient (Wildman–Crippen LogP) is 0.968. The highest BCUT2D eigenvalue weighted by molar-refractivity contribution is 5.10. The molecule has 0 aliphatic carbocycles. The van der Waals surface area contributed by atoms with Crippen LogP contribution in [0.2, 0.25) is 0 Å². The summed E-state index contributed by atoms with van der Waals surface area (Å²) in [4.78, 5) is 8.74. The molecule has 0 spiro atoms. The van der Waals surface area contributed by atoms with Crippen LogP contribution in [-0.2, 0) is 6.54 Å². The zero-order valence-corrected chi connectivity index (χ0v) is 11.5. The van der Waals surface area contributed by atoms with Gasteiger partial charge in [0.15, 0.2) is 0 Å². The Kier molecular flexibility index (Phi) is 4.00. The van der Waals surface area contributed by atoms with E-state index in [1.165, 1.54) is 5.56 Å². The van der Waals surface area contributed by atoms with Gasteiger partial charge in [0.2, 0.25) is 0 Å². The maximum atomic E-state index is 9.50. The Labute approximate surface area is 109 Å². The molecule has 1 aromatic rings. The van der Waals surface area contributed by atoms with Crippen molar-refractivity contribution in [2.45, 2.75) is 32.0 Å². The molecule has 1 saturated heterocycles. The van der Waals surface area contributed by atoms with Crippen LogP contribution < -0.4 is 0 Å². The van der Waals surface area contributed by atoms with Crippen molar-refractivity contribution >= 4 is 0 Å². The first-order chi connectivity index (χ1) is 8.53. The maximum Gasteiger partial charge on any atom is 0.0599 e. The second kappa shape index (κ2) is 5.34. The number of likely N-dealkylation sites (N-methyl/N-ethyl adjacent to an activating group) is 1. The summed E-state index contributed by atoms with van der Waals surface area (Å²) >= 11 is 0. The first-order valence-corrected chi connectivity index (χ1v) is 6.48. The molecule has 0 aromatic carbocycles. The van der Waals surface area contributed by atoms with Crippen LogP contribution in [-0.4, -0.2) is 58.2 Å². The largest absolute Gasteiger partial charge is 0.395 e. The lowest BCUT2D eigenvalue weighted by Gasteiger charge is -2.49. The molecule has 4 nitrogen and oxygen atoms in total. The quantitative estimate of drug-likeness (QED) is 0.866. The van der Waals surface area contributed by atoms with Crippen molar-refractivity contribution in [2.75, 3.05) is 26.7 Å². The van der Waals surface area contributed by atoms with Gasteiger partial charge < -0.3 is 5.11 Å². The molecule has 1 aromatic heterocycles. The van der Waals surface area contributed by atoms with E-state index in [0.717, 1.165) is 19.6 Å². The third-order valence-electron chi connectivity index (χ3n) is 3.95. The number of piperazine rings is 1. The Morgan fingerprint density at radius 1 is 1.39 bits per heavy atom. The summed E-state index contributed by atoms with van der Waals surface area (Å²) in [6.07, 6.45) is 3.67. The number of hydrogen-bond donors (Lipinski definition) is 1. The molecular formula is C14H23N3O. The Bertz CT molecular complexity index is 380. The number of hydrogen-bond acceptors (Lipinski definition) is 4. The standard InChI is InChI=1S/C14H23N3O/c1-14(2)11-17(9-13(10-18)16(14)3)8-12-4-6-15-7-5-12/h4-7,13,18H,8-11H2,1-3H3. The second-order valence-corrected chi connectivity index (χ2v) is 5.78. The molecule has 0 saturated carbocycles. The van der Waals surface area contributed by atoms with E-state index >= 15 is 0 Å². The van der Waals surface area contributed by atoms with Crippen LogP contribution in [0.4, 0.5) is 0 Å². The molecule has 1 N–H and O–H groups in total. The van der Waals surface area contributed by atoms with E-state index in [1.54, 1.807) is 0 Å². The van der Waals surface area contributed by atoms with Crippen molar-refractivity contribution in [1.29, 1.82) is 0 Å². The predicted molar refractivity (Wildman–Crippen MR) is 72.2 cm³/mol. The van der Waals surface area contributed by atoms with Crippen LogP contribution in [0.1, 0.15) is 19.4 Å². The fourth-order valence-electron chi connectivity index (χ4n) is 2.69. The normalized spacial score (nSPS) is 25.2. The van der Waals surface area contributed by atoms with Gasteiger partial charge in [-0.1, -0.05) is 0 Å². The molecule has 2 rings (SSSR count). The fraction of sp³-hybridized carbons (Fsp3) is 0.643. The first-order valence-electron chi connectivity index (χ1n) is 6.48. The fourth-order valence-corrected chi connectivity index (χ4v) is 2.69. The van der Waals surface area contributed by atoms with Gasteiger partial charge in [0, 0.05) is 43.6 Å². The monoisotopic (exact) mass is 249 g/mol. The number of pyridine rings is 1. The van der Waals surface area contributed by atoms with E-state index in [2.05, 4.69) is 47.8 Å². The molecule has 1 aliphatic heterocycles. The zero-order chi connectivity index (χ0) is 13.2. The van der Waals surface area contributed by atoms with Gasteiger partial charge >= 0.3 is 0 Å². The van der Waals surface area contributed by atoms with Crippen LogP contribution in [0.3, 0.4) is 0 Å². The van der Waals surface area contributed by atoms with E-state index in [9.17, 15) is 5.11 Å². The lowest BCUT2D eigenvalue weighted by Crippen LogP contribution is -2.63. The van der Waals surface area contributed by atoms with Crippen molar-refractivity contribution in [3.8, 4) is 0 Å². The molecule has 0 amide bonds. The first kappa shape index (κ1) is 13.5. The average Bonchev–Trinajstić information content (AvgIpc) is 2.34. The Balaban J connectivity index is 2.06. The van der Waals surface area contributed by atoms with Gasteiger partial charge in [-0.05, 0) is 38.6 Å². The molecule has 100 valence electrons. The second-order valence-electron chi connectivity index (χ2n) is 5.78. The smallest absolute Gasteiger partial charge is 0.0599 e. The average molecular weight is 249 g/mol. The van der Waals surface area contributed by atoms with Crippen LogP contribution in [0, 0.1) is 0 Å². The Morgan fingerprint density at radius 3 is 2.67 bits per heavy atom. The number of nitrogens with zero attached hydrogens (tertiary/aromatic N) is 3. The van der Waals surface area contributed by atoms with Crippen LogP contribution in [0.25, 0.3) is 0 Å². The molecule has 0 bridgehead atoms. The van der Waals surface area contributed by atoms with Crippen molar-refractivity contribution in [3.05, 3.63) is 30.1 Å². The van der Waals surface area contributed by atoms with E-state index in [4.69, 9.17) is 0 Å². The summed E-state index contributed by atoms with van der Waals surface area (Å²) < 4.78 is 0. The highest BCUT2D eigenvalue weighted by Gasteiger charge is 2.36. The third kappa shape index (κ3) is 2.88. The van der Waals surface area contributed by atoms with Crippen molar-refractivity contribution < 1.29 is 5.11 Å². The number of rotatable bonds is 3. The number of aliphatic hydroxyl groups is 1. The summed E-state index contributed by atoms with van der Waals surface area (Å²) in [6, 6.07) is 4.33. The summed E-state index contributed by atoms with van der Waals surface area (Å²) in [5, 5.41) is 9.50. The highest BCUT2D eigenvalue weighted by Crippen LogP contribution is 2.24. The summed E-state index contributed by atoms with van der Waals surface area (Å²) in [5.74, 6) is 0. The minimum Gasteiger partial charge on any atom is -0.395 e. The summed E-state index contributed by atoms with van der Waals surface area (Å²) in [5.41, 5.74) is 1.38. The molecular weight excluding hydrogens is 226 g/mol. The van der Waals surface area contributed by atoms with Gasteiger partial charge in [0.25, 0.3) is 0 Å². The molecule has 18 heavy (non-hydrogen) atoms. The SMILES string of the molecule is CN1C(CO)CN(Cc2ccncc2)CC1(C)C. The van der Waals surface area contributed by atoms with Gasteiger partial charge in [-0.15, -0.1) is 0 Å². The van der Waals surface area contributed by atoms with Crippen molar-refractivity contribution in [3.63, 3.8) is 0 Å². The molecule has 0 radical (unpaired) electrons. The molecule has 4 heteroatoms. The van der Waals surface area contributed by atoms with Crippen LogP contribution in [0.15, 0.2) is 24.5 Å². The van der Waals surface area contributed by atoms with Gasteiger partial charge in [-0.25, -0.2) is 0 Å². The third-order valence-corrected chi connectivity index (χ3v) is 3.95. The molecule has 1 atom stereocenters. The van der Waals surface area contributed by atoms with Crippen LogP contribution >= 0.6 is 0 Å². The minimum absolute atomic E-state index is 0.0959. The van der Waals surface area contributed by atoms with Crippen LogP contribution in [0.5, 0.6) is 0 Å². The highest BCUT2D eigenvalue weighted by atomic mass is 16.3. The minimum atomic E-state index is 0.0959. The van der Waals surface area contributed by atoms with Gasteiger partial charge in [-0.2, -0.15) is 0 Å². The van der Waals surface area contributed by atoms with Gasteiger partial charge in [0.05, 0.1) is 6.61 Å². The molecule has 2 heterocycles. The van der Waals surface area contributed by atoms with Gasteiger partial charge in [-0.3, -0.25) is 14.8 Å². The molecule has 1 aliphatic rings. The van der Waals surface area contributed by atoms with E-state index in [-0.39, 0.29) is 18.2 Å². The van der Waals surface area contributed by atoms with Gasteiger partial charge in [0.1, 0.15) is 0 Å². The maximum absolute atomic E-state index is 9.50. The van der Waals surface area contributed by atoms with E-state index in [0.29, 0.717) is 0 Å². The topological polar surface area (TPSA) is 39.6 Å². The molecule has 1 fully saturated rings. The summed E-state index contributed by atoms with van der Waals surface area (Å²) in [6.45, 7) is 7.53. The van der Waals surface area contributed by atoms with E-state index < -0.39 is 0 Å².